The summed E-state index contributed by atoms with van der Waals surface area (Å²) < 4.78 is 26.1. The zero-order chi connectivity index (χ0) is 13.7. The van der Waals surface area contributed by atoms with Gasteiger partial charge in [0.15, 0.2) is 0 Å². The summed E-state index contributed by atoms with van der Waals surface area (Å²) in [5.41, 5.74) is 5.29. The van der Waals surface area contributed by atoms with E-state index in [2.05, 4.69) is 29.9 Å². The number of nitrogens with zero attached hydrogens (tertiary/aromatic N) is 4. The fourth-order valence-corrected chi connectivity index (χ4v) is 2.32. The number of hydrogen-bond donors (Lipinski definition) is 3. The first-order chi connectivity index (χ1) is 9.08. The maximum atomic E-state index is 11.8. The van der Waals surface area contributed by atoms with Crippen LogP contribution < -0.4 is 10.5 Å². The third-order valence-corrected chi connectivity index (χ3v) is 3.72. The summed E-state index contributed by atoms with van der Waals surface area (Å²) in [6.07, 6.45) is 4.96. The van der Waals surface area contributed by atoms with Crippen molar-refractivity contribution in [3.63, 3.8) is 0 Å². The number of hydrogen-bond acceptors (Lipinski definition) is 7. The second kappa shape index (κ2) is 5.71. The lowest BCUT2D eigenvalue weighted by Gasteiger charge is -2.05. The van der Waals surface area contributed by atoms with E-state index < -0.39 is 10.0 Å². The van der Waals surface area contributed by atoms with Crippen molar-refractivity contribution in [2.24, 2.45) is 0 Å². The Kier molecular flexibility index (Phi) is 4.02. The second-order valence-corrected chi connectivity index (χ2v) is 5.48. The molecule has 0 radical (unpaired) electrons. The lowest BCUT2D eigenvalue weighted by Crippen LogP contribution is -2.25. The van der Waals surface area contributed by atoms with E-state index in [4.69, 9.17) is 5.73 Å². The zero-order valence-electron chi connectivity index (χ0n) is 9.94. The Morgan fingerprint density at radius 2 is 2.00 bits per heavy atom. The van der Waals surface area contributed by atoms with E-state index in [0.717, 1.165) is 5.82 Å². The molecule has 19 heavy (non-hydrogen) atoms. The van der Waals surface area contributed by atoms with Gasteiger partial charge in [-0.1, -0.05) is 0 Å². The van der Waals surface area contributed by atoms with Gasteiger partial charge in [0.25, 0.3) is 0 Å². The molecule has 0 bridgehead atoms. The van der Waals surface area contributed by atoms with Crippen LogP contribution in [0.3, 0.4) is 0 Å². The van der Waals surface area contributed by atoms with E-state index >= 15 is 0 Å². The van der Waals surface area contributed by atoms with E-state index in [1.54, 1.807) is 0 Å². The Bertz CT molecular complexity index is 609. The van der Waals surface area contributed by atoms with Gasteiger partial charge in [0, 0.05) is 13.0 Å². The molecule has 2 rings (SSSR count). The summed E-state index contributed by atoms with van der Waals surface area (Å²) in [7, 11) is -3.59. The molecule has 10 heteroatoms. The minimum Gasteiger partial charge on any atom is -0.368 e. The van der Waals surface area contributed by atoms with Crippen molar-refractivity contribution in [2.45, 2.75) is 17.7 Å². The molecular formula is C9H13N7O2S. The molecule has 0 atom stereocenters. The van der Waals surface area contributed by atoms with Gasteiger partial charge in [-0.3, -0.25) is 5.10 Å². The highest BCUT2D eigenvalue weighted by molar-refractivity contribution is 7.89. The first-order valence-electron chi connectivity index (χ1n) is 5.49. The molecule has 0 aliphatic rings. The van der Waals surface area contributed by atoms with Crippen molar-refractivity contribution in [1.82, 2.24) is 29.9 Å². The van der Waals surface area contributed by atoms with Crippen LogP contribution in [0.25, 0.3) is 0 Å². The Morgan fingerprint density at radius 3 is 2.63 bits per heavy atom. The summed E-state index contributed by atoms with van der Waals surface area (Å²) in [5.74, 6) is 0.749. The molecule has 0 saturated carbocycles. The topological polar surface area (TPSA) is 140 Å². The molecule has 9 nitrogen and oxygen atoms in total. The van der Waals surface area contributed by atoms with Gasteiger partial charge >= 0.3 is 0 Å². The third-order valence-electron chi connectivity index (χ3n) is 2.31. The predicted molar refractivity (Wildman–Crippen MR) is 66.3 cm³/mol. The van der Waals surface area contributed by atoms with Gasteiger partial charge in [-0.25, -0.2) is 28.1 Å². The number of nitrogens with one attached hydrogen (secondary N) is 2. The first-order valence-corrected chi connectivity index (χ1v) is 6.98. The molecule has 0 amide bonds. The number of aromatic nitrogens is 5. The number of aryl methyl sites for hydroxylation is 1. The largest absolute Gasteiger partial charge is 0.368 e. The van der Waals surface area contributed by atoms with Crippen LogP contribution in [-0.4, -0.2) is 40.1 Å². The quantitative estimate of drug-likeness (QED) is 0.583. The van der Waals surface area contributed by atoms with E-state index in [1.807, 2.05) is 0 Å². The molecule has 0 unspecified atom stereocenters. The van der Waals surface area contributed by atoms with Gasteiger partial charge < -0.3 is 5.73 Å². The lowest BCUT2D eigenvalue weighted by molar-refractivity contribution is 0.577. The van der Waals surface area contributed by atoms with E-state index in [0.29, 0.717) is 12.8 Å². The zero-order valence-corrected chi connectivity index (χ0v) is 10.8. The summed E-state index contributed by atoms with van der Waals surface area (Å²) in [5, 5.41) is 6.40. The van der Waals surface area contributed by atoms with Gasteiger partial charge in [0.1, 0.15) is 17.0 Å². The number of nitrogen functional groups attached to an aromatic ring is 1. The molecule has 0 saturated heterocycles. The monoisotopic (exact) mass is 283 g/mol. The highest BCUT2D eigenvalue weighted by Crippen LogP contribution is 2.05. The van der Waals surface area contributed by atoms with E-state index in [9.17, 15) is 8.42 Å². The summed E-state index contributed by atoms with van der Waals surface area (Å²) in [6.45, 7) is 0.285. The van der Waals surface area contributed by atoms with Crippen molar-refractivity contribution < 1.29 is 8.42 Å². The number of rotatable bonds is 6. The van der Waals surface area contributed by atoms with Crippen LogP contribution in [0, 0.1) is 0 Å². The average Bonchev–Trinajstić information content (AvgIpc) is 2.88. The van der Waals surface area contributed by atoms with Crippen LogP contribution in [0.2, 0.25) is 0 Å². The van der Waals surface area contributed by atoms with Crippen LogP contribution >= 0.6 is 0 Å². The van der Waals surface area contributed by atoms with E-state index in [-0.39, 0.29) is 17.4 Å². The molecule has 2 aromatic heterocycles. The lowest BCUT2D eigenvalue weighted by atomic mass is 10.3. The number of aromatic amines is 1. The van der Waals surface area contributed by atoms with Crippen molar-refractivity contribution in [2.75, 3.05) is 12.3 Å². The molecule has 4 N–H and O–H groups in total. The highest BCUT2D eigenvalue weighted by atomic mass is 32.2. The predicted octanol–water partition coefficient (Wildman–Crippen LogP) is -0.912. The molecule has 102 valence electrons. The molecule has 0 aliphatic heterocycles. The first kappa shape index (κ1) is 13.4. The second-order valence-electron chi connectivity index (χ2n) is 3.71. The Labute approximate surface area is 109 Å². The van der Waals surface area contributed by atoms with Crippen LogP contribution in [0.5, 0.6) is 0 Å². The number of nitrogens with two attached hydrogens (primary N) is 1. The fraction of sp³-hybridized carbons (Fsp3) is 0.333. The fourth-order valence-electron chi connectivity index (χ4n) is 1.36. The number of anilines is 1. The molecule has 0 fully saturated rings. The number of H-pyrrole nitrogens is 1. The Morgan fingerprint density at radius 1 is 1.26 bits per heavy atom. The van der Waals surface area contributed by atoms with Gasteiger partial charge in [-0.15, -0.1) is 0 Å². The molecule has 0 aliphatic carbocycles. The molecule has 0 spiro atoms. The van der Waals surface area contributed by atoms with Gasteiger partial charge in [0.2, 0.25) is 16.0 Å². The van der Waals surface area contributed by atoms with Crippen molar-refractivity contribution in [3.8, 4) is 0 Å². The smallest absolute Gasteiger partial charge is 0.243 e. The van der Waals surface area contributed by atoms with Crippen LogP contribution in [0.15, 0.2) is 23.6 Å². The van der Waals surface area contributed by atoms with Gasteiger partial charge in [-0.2, -0.15) is 5.10 Å². The average molecular weight is 283 g/mol. The summed E-state index contributed by atoms with van der Waals surface area (Å²) >= 11 is 0. The Balaban J connectivity index is 1.86. The summed E-state index contributed by atoms with van der Waals surface area (Å²) in [4.78, 5) is 11.2. The molecule has 2 heterocycles. The number of sulfonamides is 1. The maximum Gasteiger partial charge on any atom is 0.243 e. The SMILES string of the molecule is Nc1ncc(S(=O)(=O)NCCCc2ncn[nH]2)cn1. The van der Waals surface area contributed by atoms with Crippen molar-refractivity contribution in [3.05, 3.63) is 24.5 Å². The van der Waals surface area contributed by atoms with Crippen LogP contribution in [0.1, 0.15) is 12.2 Å². The van der Waals surface area contributed by atoms with Crippen molar-refractivity contribution in [1.29, 1.82) is 0 Å². The maximum absolute atomic E-state index is 11.8. The minimum absolute atomic E-state index is 0.0126. The minimum atomic E-state index is -3.59. The molecule has 0 aromatic carbocycles. The molecular weight excluding hydrogens is 270 g/mol. The van der Waals surface area contributed by atoms with Crippen LogP contribution in [0.4, 0.5) is 5.95 Å². The van der Waals surface area contributed by atoms with Gasteiger partial charge in [-0.05, 0) is 6.42 Å². The standard InChI is InChI=1S/C9H13N7O2S/c10-9-11-4-7(5-12-9)19(17,18)15-3-1-2-8-13-6-14-16-8/h4-6,15H,1-3H2,(H2,10,11,12)(H,13,14,16). The molecule has 2 aromatic rings. The normalized spacial score (nSPS) is 11.6. The van der Waals surface area contributed by atoms with Gasteiger partial charge in [0.05, 0.1) is 12.4 Å². The summed E-state index contributed by atoms with van der Waals surface area (Å²) in [6, 6.07) is 0. The van der Waals surface area contributed by atoms with Crippen molar-refractivity contribution >= 4 is 16.0 Å². The highest BCUT2D eigenvalue weighted by Gasteiger charge is 2.14. The van der Waals surface area contributed by atoms with Crippen LogP contribution in [-0.2, 0) is 16.4 Å². The van der Waals surface area contributed by atoms with E-state index in [1.165, 1.54) is 18.7 Å². The Hall–Kier alpha value is -2.07. The third kappa shape index (κ3) is 3.69.